The van der Waals surface area contributed by atoms with Crippen molar-refractivity contribution in [1.82, 2.24) is 20.3 Å². The molecule has 0 fully saturated rings. The summed E-state index contributed by atoms with van der Waals surface area (Å²) in [4.78, 5) is 14.6. The number of carbonyl (C=O) groups is 1. The van der Waals surface area contributed by atoms with Crippen molar-refractivity contribution in [2.45, 2.75) is 0 Å². The maximum Gasteiger partial charge on any atom is 0.261 e. The average molecular weight is 567 g/mol. The van der Waals surface area contributed by atoms with E-state index in [1.807, 2.05) is 54.6 Å². The molecule has 0 unspecified atom stereocenters. The fourth-order valence-electron chi connectivity index (χ4n) is 3.69. The van der Waals surface area contributed by atoms with Gasteiger partial charge in [0.15, 0.2) is 5.11 Å². The number of para-hydroxylation sites is 1. The van der Waals surface area contributed by atoms with Gasteiger partial charge in [-0.2, -0.15) is 4.80 Å². The van der Waals surface area contributed by atoms with Crippen molar-refractivity contribution in [3.05, 3.63) is 87.9 Å². The number of methoxy groups -OCH3 is 1. The summed E-state index contributed by atoms with van der Waals surface area (Å²) < 4.78 is 6.19. The fourth-order valence-corrected chi connectivity index (χ4v) is 4.83. The lowest BCUT2D eigenvalue weighted by Crippen LogP contribution is -2.34. The number of anilines is 1. The number of rotatable bonds is 4. The molecule has 1 heterocycles. The molecule has 0 aliphatic carbocycles. The zero-order valence-electron chi connectivity index (χ0n) is 18.3. The number of benzene rings is 4. The van der Waals surface area contributed by atoms with Gasteiger partial charge in [0.1, 0.15) is 16.8 Å². The highest BCUT2D eigenvalue weighted by atomic mass is 79.9. The number of aromatic nitrogens is 3. The SMILES string of the molecule is COc1c(C(=O)NC(=S)Nc2cc3nn(-c4ccccc4)nc3cc2Cl)cc2ccccc2c1Br. The molecule has 10 heteroatoms. The Morgan fingerprint density at radius 3 is 2.46 bits per heavy atom. The van der Waals surface area contributed by atoms with Gasteiger partial charge in [-0.05, 0) is 69.3 Å². The lowest BCUT2D eigenvalue weighted by Gasteiger charge is -2.15. The molecular formula is C25H17BrClN5O2S. The van der Waals surface area contributed by atoms with Crippen molar-refractivity contribution < 1.29 is 9.53 Å². The van der Waals surface area contributed by atoms with Crippen LogP contribution in [-0.4, -0.2) is 33.1 Å². The van der Waals surface area contributed by atoms with Crippen molar-refractivity contribution in [2.75, 3.05) is 12.4 Å². The number of amides is 1. The largest absolute Gasteiger partial charge is 0.495 e. The Balaban J connectivity index is 1.39. The van der Waals surface area contributed by atoms with E-state index in [9.17, 15) is 4.79 Å². The lowest BCUT2D eigenvalue weighted by atomic mass is 10.1. The van der Waals surface area contributed by atoms with Gasteiger partial charge in [0.2, 0.25) is 0 Å². The molecular weight excluding hydrogens is 550 g/mol. The summed E-state index contributed by atoms with van der Waals surface area (Å²) in [6.45, 7) is 0. The number of hydrogen-bond acceptors (Lipinski definition) is 5. The quantitative estimate of drug-likeness (QED) is 0.255. The van der Waals surface area contributed by atoms with E-state index in [0.717, 1.165) is 16.5 Å². The van der Waals surface area contributed by atoms with Crippen molar-refractivity contribution in [3.63, 3.8) is 0 Å². The number of thiocarbonyl (C=S) groups is 1. The van der Waals surface area contributed by atoms with Crippen molar-refractivity contribution in [2.24, 2.45) is 0 Å². The second-order valence-electron chi connectivity index (χ2n) is 7.55. The highest BCUT2D eigenvalue weighted by Gasteiger charge is 2.19. The maximum atomic E-state index is 13.1. The topological polar surface area (TPSA) is 81.1 Å². The molecule has 0 radical (unpaired) electrons. The third-order valence-electron chi connectivity index (χ3n) is 5.32. The summed E-state index contributed by atoms with van der Waals surface area (Å²) in [6.07, 6.45) is 0. The molecule has 0 spiro atoms. The Bertz CT molecular complexity index is 1610. The monoisotopic (exact) mass is 565 g/mol. The Morgan fingerprint density at radius 2 is 1.71 bits per heavy atom. The molecule has 7 nitrogen and oxygen atoms in total. The Hall–Kier alpha value is -3.53. The molecule has 0 atom stereocenters. The van der Waals surface area contributed by atoms with Crippen LogP contribution in [0.4, 0.5) is 5.69 Å². The zero-order chi connectivity index (χ0) is 24.5. The van der Waals surface area contributed by atoms with Crippen LogP contribution in [0.25, 0.3) is 27.5 Å². The van der Waals surface area contributed by atoms with E-state index in [1.165, 1.54) is 11.9 Å². The number of nitrogens with zero attached hydrogens (tertiary/aromatic N) is 3. The number of carbonyl (C=O) groups excluding carboxylic acids is 1. The first-order valence-corrected chi connectivity index (χ1v) is 12.0. The van der Waals surface area contributed by atoms with Crippen LogP contribution < -0.4 is 15.4 Å². The minimum absolute atomic E-state index is 0.0815. The van der Waals surface area contributed by atoms with Gasteiger partial charge in [-0.15, -0.1) is 10.2 Å². The van der Waals surface area contributed by atoms with Crippen molar-refractivity contribution in [1.29, 1.82) is 0 Å². The first kappa shape index (κ1) is 23.2. The normalized spacial score (nSPS) is 10.9. The van der Waals surface area contributed by atoms with Crippen LogP contribution in [0.2, 0.25) is 5.02 Å². The molecule has 5 rings (SSSR count). The lowest BCUT2D eigenvalue weighted by molar-refractivity contribution is 0.0975. The number of hydrogen-bond donors (Lipinski definition) is 2. The predicted octanol–water partition coefficient (Wildman–Crippen LogP) is 6.13. The van der Waals surface area contributed by atoms with Crippen LogP contribution in [0, 0.1) is 0 Å². The van der Waals surface area contributed by atoms with Crippen molar-refractivity contribution >= 4 is 78.3 Å². The Labute approximate surface area is 219 Å². The van der Waals surface area contributed by atoms with Crippen LogP contribution >= 0.6 is 39.7 Å². The molecule has 174 valence electrons. The maximum absolute atomic E-state index is 13.1. The van der Waals surface area contributed by atoms with E-state index >= 15 is 0 Å². The zero-order valence-corrected chi connectivity index (χ0v) is 21.4. The van der Waals surface area contributed by atoms with Crippen LogP contribution in [0.3, 0.4) is 0 Å². The molecule has 2 N–H and O–H groups in total. The predicted molar refractivity (Wildman–Crippen MR) is 146 cm³/mol. The summed E-state index contributed by atoms with van der Waals surface area (Å²) in [5.41, 5.74) is 2.92. The molecule has 0 aliphatic heterocycles. The molecule has 0 aliphatic rings. The van der Waals surface area contributed by atoms with E-state index in [4.69, 9.17) is 28.6 Å². The summed E-state index contributed by atoms with van der Waals surface area (Å²) >= 11 is 15.4. The summed E-state index contributed by atoms with van der Waals surface area (Å²) in [7, 11) is 1.51. The third-order valence-corrected chi connectivity index (χ3v) is 6.63. The minimum Gasteiger partial charge on any atom is -0.495 e. The molecule has 4 aromatic carbocycles. The van der Waals surface area contributed by atoms with Crippen molar-refractivity contribution in [3.8, 4) is 11.4 Å². The number of halogens is 2. The standard InChI is InChI=1S/C25H17BrClN5O2S/c1-34-23-17(11-14-7-5-6-10-16(14)22(23)26)24(33)29-25(35)28-19-13-21-20(12-18(19)27)30-32(31-21)15-8-3-2-4-9-15/h2-13H,1H3,(H2,28,29,33,35). The van der Waals surface area contributed by atoms with Crippen LogP contribution in [-0.2, 0) is 0 Å². The third kappa shape index (κ3) is 4.58. The second kappa shape index (κ2) is 9.61. The van der Waals surface area contributed by atoms with Gasteiger partial charge in [-0.1, -0.05) is 54.1 Å². The van der Waals surface area contributed by atoms with E-state index < -0.39 is 5.91 Å². The summed E-state index contributed by atoms with van der Waals surface area (Å²) in [5.74, 6) is -0.000922. The van der Waals surface area contributed by atoms with Gasteiger partial charge in [-0.25, -0.2) is 0 Å². The fraction of sp³-hybridized carbons (Fsp3) is 0.0400. The highest BCUT2D eigenvalue weighted by Crippen LogP contribution is 2.36. The summed E-state index contributed by atoms with van der Waals surface area (Å²) in [5, 5.41) is 17.0. The van der Waals surface area contributed by atoms with Crippen LogP contribution in [0.1, 0.15) is 10.4 Å². The molecule has 0 saturated carbocycles. The van der Waals surface area contributed by atoms with Gasteiger partial charge in [0.05, 0.1) is 33.5 Å². The van der Waals surface area contributed by atoms with Gasteiger partial charge in [0.25, 0.3) is 5.91 Å². The first-order valence-electron chi connectivity index (χ1n) is 10.4. The molecule has 0 saturated heterocycles. The molecule has 1 amide bonds. The molecule has 35 heavy (non-hydrogen) atoms. The number of fused-ring (bicyclic) bond motifs is 2. The van der Waals surface area contributed by atoms with E-state index in [2.05, 4.69) is 36.8 Å². The van der Waals surface area contributed by atoms with Gasteiger partial charge >= 0.3 is 0 Å². The van der Waals surface area contributed by atoms with Crippen LogP contribution in [0.5, 0.6) is 5.75 Å². The smallest absolute Gasteiger partial charge is 0.261 e. The van der Waals surface area contributed by atoms with E-state index in [0.29, 0.717) is 37.5 Å². The molecule has 0 bridgehead atoms. The first-order chi connectivity index (χ1) is 16.9. The average Bonchev–Trinajstić information content (AvgIpc) is 3.27. The van der Waals surface area contributed by atoms with Crippen LogP contribution in [0.15, 0.2) is 77.3 Å². The van der Waals surface area contributed by atoms with Gasteiger partial charge in [0, 0.05) is 0 Å². The summed E-state index contributed by atoms with van der Waals surface area (Å²) in [6, 6.07) is 22.4. The van der Waals surface area contributed by atoms with Gasteiger partial charge < -0.3 is 10.1 Å². The van der Waals surface area contributed by atoms with E-state index in [-0.39, 0.29) is 5.11 Å². The second-order valence-corrected chi connectivity index (χ2v) is 9.15. The van der Waals surface area contributed by atoms with E-state index in [1.54, 1.807) is 18.2 Å². The number of nitrogens with one attached hydrogen (secondary N) is 2. The van der Waals surface area contributed by atoms with Gasteiger partial charge in [-0.3, -0.25) is 10.1 Å². The molecule has 5 aromatic rings. The highest BCUT2D eigenvalue weighted by molar-refractivity contribution is 9.10. The minimum atomic E-state index is -0.418. The Morgan fingerprint density at radius 1 is 1.03 bits per heavy atom. The number of ether oxygens (including phenoxy) is 1. The Kier molecular flexibility index (Phi) is 6.38. The molecule has 1 aromatic heterocycles.